The van der Waals surface area contributed by atoms with Crippen molar-refractivity contribution in [3.63, 3.8) is 0 Å². The normalized spacial score (nSPS) is 20.6. The molecule has 1 saturated heterocycles. The number of nitrogens with one attached hydrogen (secondary N) is 2. The van der Waals surface area contributed by atoms with Crippen LogP contribution in [-0.4, -0.2) is 112 Å². The smallest absolute Gasteiger partial charge is 0.397 e. The zero-order valence-corrected chi connectivity index (χ0v) is 31.6. The van der Waals surface area contributed by atoms with Crippen molar-refractivity contribution in [3.8, 4) is 0 Å². The molecule has 18 nitrogen and oxygen atoms in total. The average molecular weight is 769 g/mol. The molecule has 0 aromatic rings. The number of amides is 2. The SMILES string of the molecule is CCCCCCCCCCCCCC(=O)NC(CO[C@@H]1O[C@H](COC(C)=O)[C@H](OC(C)=O)[C@H](OC(C)=O)[C@H]1OC(C)=O)C(=O)NCCOS(=O)(=O)O. The second kappa shape index (κ2) is 25.6. The van der Waals surface area contributed by atoms with Crippen LogP contribution in [0.3, 0.4) is 0 Å². The van der Waals surface area contributed by atoms with Crippen molar-refractivity contribution in [1.82, 2.24) is 10.6 Å². The monoisotopic (exact) mass is 768 g/mol. The Balaban J connectivity index is 3.07. The molecule has 0 aromatic heterocycles. The third-order valence-electron chi connectivity index (χ3n) is 7.67. The van der Waals surface area contributed by atoms with Crippen LogP contribution < -0.4 is 10.6 Å². The maximum absolute atomic E-state index is 13.1. The van der Waals surface area contributed by atoms with Crippen LogP contribution in [0.1, 0.15) is 112 Å². The molecule has 1 heterocycles. The summed E-state index contributed by atoms with van der Waals surface area (Å²) in [6.07, 6.45) is 4.47. The summed E-state index contributed by atoms with van der Waals surface area (Å²) in [5.41, 5.74) is 0. The fourth-order valence-corrected chi connectivity index (χ4v) is 5.65. The Labute approximate surface area is 305 Å². The summed E-state index contributed by atoms with van der Waals surface area (Å²) < 4.78 is 67.6. The van der Waals surface area contributed by atoms with Gasteiger partial charge in [0.05, 0.1) is 13.2 Å². The van der Waals surface area contributed by atoms with Gasteiger partial charge in [-0.05, 0) is 6.42 Å². The van der Waals surface area contributed by atoms with Gasteiger partial charge in [-0.25, -0.2) is 4.18 Å². The predicted octanol–water partition coefficient (Wildman–Crippen LogP) is 2.21. The van der Waals surface area contributed by atoms with Crippen molar-refractivity contribution < 1.29 is 74.3 Å². The highest BCUT2D eigenvalue weighted by Gasteiger charge is 2.53. The molecule has 1 aliphatic rings. The van der Waals surface area contributed by atoms with Crippen molar-refractivity contribution in [2.45, 2.75) is 148 Å². The van der Waals surface area contributed by atoms with Gasteiger partial charge < -0.3 is 39.1 Å². The van der Waals surface area contributed by atoms with Gasteiger partial charge in [-0.3, -0.25) is 33.3 Å². The number of carbonyl (C=O) groups excluding carboxylic acids is 6. The number of ether oxygens (including phenoxy) is 6. The number of carbonyl (C=O) groups is 6. The van der Waals surface area contributed by atoms with Crippen LogP contribution >= 0.6 is 0 Å². The number of hydrogen-bond donors (Lipinski definition) is 3. The first-order valence-electron chi connectivity index (χ1n) is 17.6. The van der Waals surface area contributed by atoms with Crippen LogP contribution in [0, 0.1) is 0 Å². The molecular formula is C33H56N2O16S. The van der Waals surface area contributed by atoms with E-state index in [1.807, 2.05) is 0 Å². The van der Waals surface area contributed by atoms with E-state index in [0.29, 0.717) is 6.42 Å². The highest BCUT2D eigenvalue weighted by molar-refractivity contribution is 7.80. The molecule has 1 fully saturated rings. The van der Waals surface area contributed by atoms with Crippen molar-refractivity contribution in [1.29, 1.82) is 0 Å². The highest BCUT2D eigenvalue weighted by atomic mass is 32.3. The van der Waals surface area contributed by atoms with Gasteiger partial charge in [0, 0.05) is 40.7 Å². The molecule has 0 bridgehead atoms. The molecule has 0 spiro atoms. The van der Waals surface area contributed by atoms with Gasteiger partial charge in [-0.15, -0.1) is 0 Å². The average Bonchev–Trinajstić information content (AvgIpc) is 3.04. The number of esters is 4. The highest BCUT2D eigenvalue weighted by Crippen LogP contribution is 2.30. The van der Waals surface area contributed by atoms with Gasteiger partial charge >= 0.3 is 34.3 Å². The first-order valence-corrected chi connectivity index (χ1v) is 19.0. The van der Waals surface area contributed by atoms with Gasteiger partial charge in [0.2, 0.25) is 11.8 Å². The first kappa shape index (κ1) is 46.6. The summed E-state index contributed by atoms with van der Waals surface area (Å²) >= 11 is 0. The van der Waals surface area contributed by atoms with E-state index in [1.165, 1.54) is 38.5 Å². The van der Waals surface area contributed by atoms with Crippen LogP contribution in [-0.2, 0) is 71.8 Å². The van der Waals surface area contributed by atoms with Crippen LogP contribution in [0.4, 0.5) is 0 Å². The van der Waals surface area contributed by atoms with E-state index in [-0.39, 0.29) is 13.0 Å². The summed E-state index contributed by atoms with van der Waals surface area (Å²) in [5.74, 6) is -4.59. The predicted molar refractivity (Wildman–Crippen MR) is 181 cm³/mol. The minimum atomic E-state index is -4.77. The summed E-state index contributed by atoms with van der Waals surface area (Å²) in [6, 6.07) is -1.42. The molecule has 2 amide bonds. The summed E-state index contributed by atoms with van der Waals surface area (Å²) in [6.45, 7) is 4.34. The standard InChI is InChI=1S/C33H56N2O16S/c1-6-7-8-9-10-11-12-13-14-15-16-17-28(40)35-26(32(41)34-18-19-47-52(42,43)44)20-46-33-31(50-25(5)39)30(49-24(4)38)29(48-23(3)37)27(51-33)21-45-22(2)36/h26-27,29-31,33H,6-21H2,1-5H3,(H,34,41)(H,35,40)(H,42,43,44)/t26?,27-,29+,30+,31-,33-/m1/s1. The topological polar surface area (TPSA) is 245 Å². The largest absolute Gasteiger partial charge is 0.463 e. The number of hydrogen-bond acceptors (Lipinski definition) is 15. The molecular weight excluding hydrogens is 712 g/mol. The second-order valence-electron chi connectivity index (χ2n) is 12.3. The van der Waals surface area contributed by atoms with Crippen LogP contribution in [0.5, 0.6) is 0 Å². The van der Waals surface area contributed by atoms with Crippen LogP contribution in [0.2, 0.25) is 0 Å². The molecule has 6 atom stereocenters. The molecule has 1 aliphatic heterocycles. The lowest BCUT2D eigenvalue weighted by atomic mass is 9.98. The lowest BCUT2D eigenvalue weighted by Gasteiger charge is -2.44. The van der Waals surface area contributed by atoms with E-state index >= 15 is 0 Å². The zero-order chi connectivity index (χ0) is 39.1. The Kier molecular flexibility index (Phi) is 22.9. The fourth-order valence-electron chi connectivity index (χ4n) is 5.36. The molecule has 0 saturated carbocycles. The molecule has 3 N–H and O–H groups in total. The minimum absolute atomic E-state index is 0.0890. The van der Waals surface area contributed by atoms with Crippen LogP contribution in [0.25, 0.3) is 0 Å². The van der Waals surface area contributed by atoms with E-state index in [2.05, 4.69) is 21.7 Å². The van der Waals surface area contributed by atoms with E-state index in [0.717, 1.165) is 53.4 Å². The van der Waals surface area contributed by atoms with Crippen molar-refractivity contribution in [2.24, 2.45) is 0 Å². The Hall–Kier alpha value is -3.39. The van der Waals surface area contributed by atoms with Gasteiger partial charge in [0.25, 0.3) is 0 Å². The lowest BCUT2D eigenvalue weighted by Crippen LogP contribution is -2.63. The molecule has 0 aliphatic carbocycles. The third-order valence-corrected chi connectivity index (χ3v) is 8.13. The van der Waals surface area contributed by atoms with Gasteiger partial charge in [-0.2, -0.15) is 8.42 Å². The molecule has 0 aromatic carbocycles. The fraction of sp³-hybridized carbons (Fsp3) is 0.818. The number of unbranched alkanes of at least 4 members (excludes halogenated alkanes) is 10. The second-order valence-corrected chi connectivity index (χ2v) is 13.4. The Morgan fingerprint density at radius 1 is 0.731 bits per heavy atom. The summed E-state index contributed by atoms with van der Waals surface area (Å²) in [4.78, 5) is 73.9. The van der Waals surface area contributed by atoms with Gasteiger partial charge in [0.15, 0.2) is 24.6 Å². The molecule has 0 radical (unpaired) electrons. The molecule has 1 unspecified atom stereocenters. The number of rotatable bonds is 26. The van der Waals surface area contributed by atoms with Gasteiger partial charge in [-0.1, -0.05) is 71.1 Å². The van der Waals surface area contributed by atoms with E-state index < -0.39 is 103 Å². The van der Waals surface area contributed by atoms with E-state index in [1.54, 1.807) is 0 Å². The Bertz CT molecular complexity index is 1250. The van der Waals surface area contributed by atoms with E-state index in [4.69, 9.17) is 33.0 Å². The minimum Gasteiger partial charge on any atom is -0.463 e. The maximum Gasteiger partial charge on any atom is 0.397 e. The van der Waals surface area contributed by atoms with Gasteiger partial charge in [0.1, 0.15) is 18.8 Å². The Morgan fingerprint density at radius 2 is 1.25 bits per heavy atom. The molecule has 1 rings (SSSR count). The summed E-state index contributed by atoms with van der Waals surface area (Å²) in [5, 5.41) is 4.93. The molecule has 19 heteroatoms. The lowest BCUT2D eigenvalue weighted by molar-refractivity contribution is -0.308. The van der Waals surface area contributed by atoms with Crippen LogP contribution in [0.15, 0.2) is 0 Å². The molecule has 52 heavy (non-hydrogen) atoms. The van der Waals surface area contributed by atoms with Crippen molar-refractivity contribution in [3.05, 3.63) is 0 Å². The van der Waals surface area contributed by atoms with E-state index in [9.17, 15) is 37.2 Å². The van der Waals surface area contributed by atoms with Crippen molar-refractivity contribution in [2.75, 3.05) is 26.4 Å². The van der Waals surface area contributed by atoms with Crippen molar-refractivity contribution >= 4 is 46.1 Å². The quantitative estimate of drug-likeness (QED) is 0.0494. The summed E-state index contributed by atoms with van der Waals surface area (Å²) in [7, 11) is -4.77. The zero-order valence-electron chi connectivity index (χ0n) is 30.8. The maximum atomic E-state index is 13.1. The first-order chi connectivity index (χ1) is 24.5. The third kappa shape index (κ3) is 21.2. The molecule has 300 valence electrons. The Morgan fingerprint density at radius 3 is 1.77 bits per heavy atom.